The molecule has 2 aromatic rings. The number of ketones is 1. The number of aliphatic hydroxyl groups excluding tert-OH is 1. The maximum absolute atomic E-state index is 13.8. The maximum atomic E-state index is 13.8. The normalized spacial score (nSPS) is 31.1. The highest BCUT2D eigenvalue weighted by Crippen LogP contribution is 2.59. The van der Waals surface area contributed by atoms with Crippen LogP contribution in [-0.4, -0.2) is 52.2 Å². The van der Waals surface area contributed by atoms with Gasteiger partial charge in [0.05, 0.1) is 18.0 Å². The number of fused-ring (bicyclic) bond motifs is 8. The minimum Gasteiger partial charge on any atom is -0.461 e. The molecular formula is C34H47NO4. The summed E-state index contributed by atoms with van der Waals surface area (Å²) in [7, 11) is 0. The van der Waals surface area contributed by atoms with Gasteiger partial charge in [0, 0.05) is 17.5 Å². The molecule has 0 amide bonds. The largest absolute Gasteiger partial charge is 0.461 e. The molecule has 39 heavy (non-hydrogen) atoms. The van der Waals surface area contributed by atoms with Crippen LogP contribution >= 0.6 is 0 Å². The molecule has 2 bridgehead atoms. The lowest BCUT2D eigenvalue weighted by Crippen LogP contribution is -2.53. The van der Waals surface area contributed by atoms with Crippen molar-refractivity contribution in [2.24, 2.45) is 5.41 Å². The molecule has 1 aromatic carbocycles. The summed E-state index contributed by atoms with van der Waals surface area (Å²) in [6, 6.07) is 9.65. The van der Waals surface area contributed by atoms with Gasteiger partial charge in [-0.15, -0.1) is 0 Å². The van der Waals surface area contributed by atoms with Gasteiger partial charge in [-0.1, -0.05) is 50.0 Å². The van der Waals surface area contributed by atoms with E-state index >= 15 is 0 Å². The highest BCUT2D eigenvalue weighted by atomic mass is 16.3. The van der Waals surface area contributed by atoms with Gasteiger partial charge in [0.2, 0.25) is 5.78 Å². The van der Waals surface area contributed by atoms with Crippen LogP contribution in [0.1, 0.15) is 118 Å². The monoisotopic (exact) mass is 533 g/mol. The van der Waals surface area contributed by atoms with Crippen molar-refractivity contribution >= 4 is 5.78 Å². The Kier molecular flexibility index (Phi) is 8.80. The highest BCUT2D eigenvalue weighted by molar-refractivity contribution is 6.08. The number of aliphatic hydroxyl groups is 2. The number of benzene rings is 1. The van der Waals surface area contributed by atoms with Gasteiger partial charge >= 0.3 is 0 Å². The Labute approximate surface area is 234 Å². The molecule has 4 atom stereocenters. The zero-order valence-corrected chi connectivity index (χ0v) is 24.0. The topological polar surface area (TPSA) is 73.9 Å². The van der Waals surface area contributed by atoms with Gasteiger partial charge in [-0.05, 0) is 113 Å². The Balaban J connectivity index is 1.56. The third-order valence-corrected chi connectivity index (χ3v) is 10.1. The minimum absolute atomic E-state index is 0.0572. The van der Waals surface area contributed by atoms with Crippen LogP contribution in [0.15, 0.2) is 52.7 Å². The summed E-state index contributed by atoms with van der Waals surface area (Å²) in [6.07, 6.45) is 15.1. The van der Waals surface area contributed by atoms with Gasteiger partial charge in [0.25, 0.3) is 0 Å². The Morgan fingerprint density at radius 3 is 2.59 bits per heavy atom. The molecule has 1 saturated carbocycles. The summed E-state index contributed by atoms with van der Waals surface area (Å²) in [5.74, 6) is 0.279. The second-order valence-corrected chi connectivity index (χ2v) is 12.8. The quantitative estimate of drug-likeness (QED) is 0.333. The number of carbonyl (C=O) groups excluding carboxylic acids is 1. The zero-order chi connectivity index (χ0) is 27.5. The van der Waals surface area contributed by atoms with Gasteiger partial charge < -0.3 is 19.5 Å². The van der Waals surface area contributed by atoms with E-state index in [1.165, 1.54) is 37.7 Å². The number of hydrogen-bond acceptors (Lipinski definition) is 5. The van der Waals surface area contributed by atoms with Crippen LogP contribution in [0, 0.1) is 5.41 Å². The molecule has 2 fully saturated rings. The highest BCUT2D eigenvalue weighted by Gasteiger charge is 2.57. The average molecular weight is 534 g/mol. The molecule has 0 spiro atoms. The van der Waals surface area contributed by atoms with Crippen molar-refractivity contribution in [1.82, 2.24) is 4.90 Å². The van der Waals surface area contributed by atoms with Crippen molar-refractivity contribution in [3.05, 3.63) is 70.7 Å². The van der Waals surface area contributed by atoms with Gasteiger partial charge in [-0.3, -0.25) is 4.79 Å². The molecule has 5 heteroatoms. The van der Waals surface area contributed by atoms with Gasteiger partial charge in [-0.25, -0.2) is 0 Å². The van der Waals surface area contributed by atoms with Crippen LogP contribution in [0.4, 0.5) is 0 Å². The van der Waals surface area contributed by atoms with E-state index in [2.05, 4.69) is 37.0 Å². The number of β-amino-alcohol motifs (C(OH)–C–C–N with tert-alkyl or cyclic N) is 1. The summed E-state index contributed by atoms with van der Waals surface area (Å²) >= 11 is 0. The first kappa shape index (κ1) is 28.3. The van der Waals surface area contributed by atoms with Gasteiger partial charge in [0.1, 0.15) is 0 Å². The summed E-state index contributed by atoms with van der Waals surface area (Å²) in [5.41, 5.74) is 2.74. The smallest absolute Gasteiger partial charge is 0.228 e. The number of furan rings is 1. The van der Waals surface area contributed by atoms with Crippen molar-refractivity contribution in [3.63, 3.8) is 0 Å². The molecule has 0 radical (unpaired) electrons. The van der Waals surface area contributed by atoms with Crippen LogP contribution in [0.3, 0.4) is 0 Å². The number of allylic oxidation sites excluding steroid dienone is 2. The minimum atomic E-state index is -0.824. The lowest BCUT2D eigenvalue weighted by atomic mass is 9.64. The van der Waals surface area contributed by atoms with Crippen LogP contribution in [-0.2, 0) is 6.42 Å². The first-order valence-corrected chi connectivity index (χ1v) is 15.3. The predicted molar refractivity (Wildman–Crippen MR) is 155 cm³/mol. The van der Waals surface area contributed by atoms with Crippen molar-refractivity contribution in [3.8, 4) is 0 Å². The maximum Gasteiger partial charge on any atom is 0.228 e. The first-order valence-electron chi connectivity index (χ1n) is 15.3. The van der Waals surface area contributed by atoms with Crippen LogP contribution < -0.4 is 0 Å². The summed E-state index contributed by atoms with van der Waals surface area (Å²) in [4.78, 5) is 16.3. The van der Waals surface area contributed by atoms with E-state index in [1.807, 2.05) is 6.07 Å². The molecule has 2 N–H and O–H groups in total. The Morgan fingerprint density at radius 1 is 1.08 bits per heavy atom. The molecule has 5 nitrogen and oxygen atoms in total. The standard InChI is InChI=1S/C34H47NO4/c1-25-10-8-17-33(2)30(16-18-34(33,38)24-35-19-6-4-3-5-7-20-35)28-15-13-26(22-27(36)14-12-25)23-29(28)32(37)31-11-9-21-39-31/h9-11,13,15,21,23,27,30,36,38H,3-8,12,14,16-20,22,24H2,1-2H3. The van der Waals surface area contributed by atoms with E-state index in [0.717, 1.165) is 56.3 Å². The van der Waals surface area contributed by atoms with Crippen molar-refractivity contribution in [1.29, 1.82) is 0 Å². The molecular weight excluding hydrogens is 486 g/mol. The fraction of sp³-hybridized carbons (Fsp3) is 0.618. The first-order chi connectivity index (χ1) is 18.8. The van der Waals surface area contributed by atoms with Crippen LogP contribution in [0.2, 0.25) is 0 Å². The molecule has 1 saturated heterocycles. The zero-order valence-electron chi connectivity index (χ0n) is 24.0. The summed E-state index contributed by atoms with van der Waals surface area (Å²) in [6.45, 7) is 7.26. The lowest BCUT2D eigenvalue weighted by molar-refractivity contribution is -0.0843. The third-order valence-electron chi connectivity index (χ3n) is 10.1. The molecule has 1 aromatic heterocycles. The number of carbonyl (C=O) groups is 1. The van der Waals surface area contributed by atoms with Gasteiger partial charge in [-0.2, -0.15) is 0 Å². The van der Waals surface area contributed by atoms with E-state index in [9.17, 15) is 15.0 Å². The summed E-state index contributed by atoms with van der Waals surface area (Å²) < 4.78 is 5.55. The second-order valence-electron chi connectivity index (χ2n) is 12.8. The molecule has 6 rings (SSSR count). The summed E-state index contributed by atoms with van der Waals surface area (Å²) in [5, 5.41) is 23.3. The molecule has 3 aliphatic carbocycles. The average Bonchev–Trinajstić information content (AvgIpc) is 3.51. The lowest BCUT2D eigenvalue weighted by Gasteiger charge is -2.46. The predicted octanol–water partition coefficient (Wildman–Crippen LogP) is 6.82. The van der Waals surface area contributed by atoms with Crippen molar-refractivity contribution in [2.45, 2.75) is 109 Å². The molecule has 4 aliphatic rings. The fourth-order valence-electron chi connectivity index (χ4n) is 7.58. The Hall–Kier alpha value is -2.21. The van der Waals surface area contributed by atoms with E-state index in [-0.39, 0.29) is 17.1 Å². The third kappa shape index (κ3) is 6.11. The van der Waals surface area contributed by atoms with Gasteiger partial charge in [0.15, 0.2) is 5.76 Å². The number of nitrogens with zero attached hydrogens (tertiary/aromatic N) is 1. The Morgan fingerprint density at radius 2 is 1.85 bits per heavy atom. The van der Waals surface area contributed by atoms with E-state index < -0.39 is 11.7 Å². The fourth-order valence-corrected chi connectivity index (χ4v) is 7.58. The van der Waals surface area contributed by atoms with Crippen LogP contribution in [0.5, 0.6) is 0 Å². The van der Waals surface area contributed by atoms with E-state index in [0.29, 0.717) is 30.7 Å². The molecule has 212 valence electrons. The molecule has 4 unspecified atom stereocenters. The van der Waals surface area contributed by atoms with E-state index in [4.69, 9.17) is 4.42 Å². The van der Waals surface area contributed by atoms with Crippen molar-refractivity contribution in [2.75, 3.05) is 19.6 Å². The molecule has 2 heterocycles. The van der Waals surface area contributed by atoms with Crippen molar-refractivity contribution < 1.29 is 19.4 Å². The number of hydrogen-bond donors (Lipinski definition) is 2. The number of likely N-dealkylation sites (tertiary alicyclic amines) is 1. The molecule has 1 aliphatic heterocycles. The SMILES string of the molecule is CC1=CCCC2(C)C(CCC2(O)CN2CCCCCCC2)c2ccc(cc2C(=O)c2ccco2)CC(O)CC1. The Bertz CT molecular complexity index is 1150. The van der Waals surface area contributed by atoms with Crippen LogP contribution in [0.25, 0.3) is 0 Å². The second kappa shape index (κ2) is 12.1. The van der Waals surface area contributed by atoms with E-state index in [1.54, 1.807) is 18.4 Å². The number of rotatable bonds is 4.